The van der Waals surface area contributed by atoms with Crippen LogP contribution in [0.4, 0.5) is 0 Å². The zero-order chi connectivity index (χ0) is 18.4. The lowest BCUT2D eigenvalue weighted by atomic mass is 9.94. The molecule has 0 N–H and O–H groups in total. The molecular weight excluding hydrogens is 326 g/mol. The summed E-state index contributed by atoms with van der Waals surface area (Å²) >= 11 is 0. The number of fused-ring (bicyclic) bond motifs is 1. The van der Waals surface area contributed by atoms with E-state index >= 15 is 0 Å². The lowest BCUT2D eigenvalue weighted by Gasteiger charge is -2.29. The predicted molar refractivity (Wildman–Crippen MR) is 103 cm³/mol. The second kappa shape index (κ2) is 8.68. The Labute approximate surface area is 155 Å². The van der Waals surface area contributed by atoms with Gasteiger partial charge in [-0.1, -0.05) is 30.3 Å². The van der Waals surface area contributed by atoms with Crippen molar-refractivity contribution < 1.29 is 14.3 Å². The Hall–Kier alpha value is -2.59. The Bertz CT molecular complexity index is 780. The molecule has 4 heteroatoms. The molecule has 0 fully saturated rings. The zero-order valence-electron chi connectivity index (χ0n) is 15.4. The van der Waals surface area contributed by atoms with E-state index in [0.29, 0.717) is 6.61 Å². The van der Waals surface area contributed by atoms with Crippen molar-refractivity contribution in [2.24, 2.45) is 0 Å². The Morgan fingerprint density at radius 1 is 1.19 bits per heavy atom. The molecule has 0 bridgehead atoms. The van der Waals surface area contributed by atoms with Crippen LogP contribution in [0.25, 0.3) is 6.08 Å². The maximum Gasteiger partial charge on any atom is 0.330 e. The number of hydrogen-bond donors (Lipinski definition) is 0. The van der Waals surface area contributed by atoms with E-state index in [1.807, 2.05) is 25.1 Å². The quantitative estimate of drug-likeness (QED) is 0.586. The van der Waals surface area contributed by atoms with E-state index in [1.54, 1.807) is 7.11 Å². The SMILES string of the molecule is CCOC(=O)/C=C/c1cccc2c1CCN(Cc1ccc(OC)cc1)C2. The van der Waals surface area contributed by atoms with Gasteiger partial charge in [0.25, 0.3) is 0 Å². The number of rotatable bonds is 6. The summed E-state index contributed by atoms with van der Waals surface area (Å²) in [6.07, 6.45) is 4.37. The highest BCUT2D eigenvalue weighted by atomic mass is 16.5. The van der Waals surface area contributed by atoms with Crippen molar-refractivity contribution in [1.82, 2.24) is 4.90 Å². The van der Waals surface area contributed by atoms with Crippen molar-refractivity contribution >= 4 is 12.0 Å². The molecule has 0 saturated heterocycles. The fourth-order valence-electron chi connectivity index (χ4n) is 3.33. The minimum atomic E-state index is -0.290. The molecule has 0 atom stereocenters. The van der Waals surface area contributed by atoms with Crippen LogP contribution in [0.15, 0.2) is 48.5 Å². The maximum absolute atomic E-state index is 11.6. The topological polar surface area (TPSA) is 38.8 Å². The summed E-state index contributed by atoms with van der Waals surface area (Å²) in [7, 11) is 1.69. The van der Waals surface area contributed by atoms with Gasteiger partial charge in [-0.2, -0.15) is 0 Å². The minimum absolute atomic E-state index is 0.290. The van der Waals surface area contributed by atoms with Crippen LogP contribution in [0.2, 0.25) is 0 Å². The van der Waals surface area contributed by atoms with Gasteiger partial charge in [0.2, 0.25) is 0 Å². The second-order valence-corrected chi connectivity index (χ2v) is 6.38. The number of methoxy groups -OCH3 is 1. The molecule has 0 amide bonds. The van der Waals surface area contributed by atoms with Crippen LogP contribution in [0.5, 0.6) is 5.75 Å². The lowest BCUT2D eigenvalue weighted by molar-refractivity contribution is -0.137. The molecule has 1 aliphatic rings. The highest BCUT2D eigenvalue weighted by molar-refractivity contribution is 5.87. The summed E-state index contributed by atoms with van der Waals surface area (Å²) in [6, 6.07) is 14.5. The first-order chi connectivity index (χ1) is 12.7. The van der Waals surface area contributed by atoms with Crippen molar-refractivity contribution in [3.63, 3.8) is 0 Å². The van der Waals surface area contributed by atoms with Gasteiger partial charge in [0.15, 0.2) is 0 Å². The number of hydrogen-bond acceptors (Lipinski definition) is 4. The molecule has 136 valence electrons. The highest BCUT2D eigenvalue weighted by Gasteiger charge is 2.18. The molecule has 4 nitrogen and oxygen atoms in total. The third kappa shape index (κ3) is 4.52. The van der Waals surface area contributed by atoms with Crippen LogP contribution >= 0.6 is 0 Å². The molecule has 3 rings (SSSR count). The van der Waals surface area contributed by atoms with Crippen molar-refractivity contribution in [1.29, 1.82) is 0 Å². The van der Waals surface area contributed by atoms with E-state index in [1.165, 1.54) is 22.8 Å². The summed E-state index contributed by atoms with van der Waals surface area (Å²) in [4.78, 5) is 14.0. The van der Waals surface area contributed by atoms with E-state index in [0.717, 1.165) is 37.4 Å². The summed E-state index contributed by atoms with van der Waals surface area (Å²) in [5, 5.41) is 0. The van der Waals surface area contributed by atoms with Gasteiger partial charge in [-0.3, -0.25) is 4.90 Å². The van der Waals surface area contributed by atoms with Crippen LogP contribution in [-0.2, 0) is 29.0 Å². The van der Waals surface area contributed by atoms with Crippen LogP contribution in [-0.4, -0.2) is 31.1 Å². The van der Waals surface area contributed by atoms with Gasteiger partial charge in [0.05, 0.1) is 13.7 Å². The van der Waals surface area contributed by atoms with Gasteiger partial charge in [0, 0.05) is 25.7 Å². The fraction of sp³-hybridized carbons (Fsp3) is 0.318. The van der Waals surface area contributed by atoms with Gasteiger partial charge in [-0.15, -0.1) is 0 Å². The Morgan fingerprint density at radius 3 is 2.73 bits per heavy atom. The van der Waals surface area contributed by atoms with Crippen LogP contribution in [0.1, 0.15) is 29.2 Å². The Morgan fingerprint density at radius 2 is 2.00 bits per heavy atom. The molecule has 0 spiro atoms. The smallest absolute Gasteiger partial charge is 0.330 e. The van der Waals surface area contributed by atoms with E-state index in [4.69, 9.17) is 9.47 Å². The molecule has 2 aromatic rings. The van der Waals surface area contributed by atoms with Crippen LogP contribution in [0.3, 0.4) is 0 Å². The third-order valence-electron chi connectivity index (χ3n) is 4.63. The van der Waals surface area contributed by atoms with Gasteiger partial charge in [-0.05, 0) is 53.8 Å². The standard InChI is InChI=1S/C22H25NO3/c1-3-26-22(24)12-9-18-5-4-6-19-16-23(14-13-21(18)19)15-17-7-10-20(25-2)11-8-17/h4-12H,3,13-16H2,1-2H3/b12-9+. The van der Waals surface area contributed by atoms with Crippen LogP contribution < -0.4 is 4.74 Å². The van der Waals surface area contributed by atoms with Gasteiger partial charge in [-0.25, -0.2) is 4.79 Å². The first-order valence-corrected chi connectivity index (χ1v) is 9.00. The van der Waals surface area contributed by atoms with Crippen LogP contribution in [0, 0.1) is 0 Å². The van der Waals surface area contributed by atoms with E-state index in [-0.39, 0.29) is 5.97 Å². The third-order valence-corrected chi connectivity index (χ3v) is 4.63. The zero-order valence-corrected chi connectivity index (χ0v) is 15.4. The number of ether oxygens (including phenoxy) is 2. The number of esters is 1. The molecule has 0 aromatic heterocycles. The first kappa shape index (κ1) is 18.2. The second-order valence-electron chi connectivity index (χ2n) is 6.38. The van der Waals surface area contributed by atoms with Gasteiger partial charge >= 0.3 is 5.97 Å². The lowest BCUT2D eigenvalue weighted by Crippen LogP contribution is -2.30. The molecule has 1 heterocycles. The fourth-order valence-corrected chi connectivity index (χ4v) is 3.33. The molecule has 0 unspecified atom stereocenters. The molecule has 1 aliphatic heterocycles. The molecular formula is C22H25NO3. The number of nitrogens with zero attached hydrogens (tertiary/aromatic N) is 1. The molecule has 0 saturated carbocycles. The normalized spacial score (nSPS) is 14.2. The van der Waals surface area contributed by atoms with E-state index in [9.17, 15) is 4.79 Å². The molecule has 26 heavy (non-hydrogen) atoms. The predicted octanol–water partition coefficient (Wildman–Crippen LogP) is 3.83. The largest absolute Gasteiger partial charge is 0.497 e. The van der Waals surface area contributed by atoms with E-state index < -0.39 is 0 Å². The molecule has 0 radical (unpaired) electrons. The molecule has 2 aromatic carbocycles. The number of benzene rings is 2. The Balaban J connectivity index is 1.68. The summed E-state index contributed by atoms with van der Waals surface area (Å²) in [6.45, 7) is 5.06. The number of carbonyl (C=O) groups is 1. The van der Waals surface area contributed by atoms with Crippen molar-refractivity contribution in [2.75, 3.05) is 20.3 Å². The number of carbonyl (C=O) groups excluding carboxylic acids is 1. The van der Waals surface area contributed by atoms with Crippen molar-refractivity contribution in [3.8, 4) is 5.75 Å². The van der Waals surface area contributed by atoms with Crippen molar-refractivity contribution in [2.45, 2.75) is 26.4 Å². The monoisotopic (exact) mass is 351 g/mol. The average molecular weight is 351 g/mol. The van der Waals surface area contributed by atoms with Gasteiger partial charge in [0.1, 0.15) is 5.75 Å². The van der Waals surface area contributed by atoms with Gasteiger partial charge < -0.3 is 9.47 Å². The summed E-state index contributed by atoms with van der Waals surface area (Å²) in [5.74, 6) is 0.595. The van der Waals surface area contributed by atoms with Crippen molar-refractivity contribution in [3.05, 3.63) is 70.8 Å². The molecule has 0 aliphatic carbocycles. The minimum Gasteiger partial charge on any atom is -0.497 e. The maximum atomic E-state index is 11.6. The average Bonchev–Trinajstić information content (AvgIpc) is 2.67. The Kier molecular flexibility index (Phi) is 6.08. The van der Waals surface area contributed by atoms with E-state index in [2.05, 4.69) is 35.2 Å². The highest BCUT2D eigenvalue weighted by Crippen LogP contribution is 2.25. The summed E-state index contributed by atoms with van der Waals surface area (Å²) < 4.78 is 10.2. The summed E-state index contributed by atoms with van der Waals surface area (Å²) in [5.41, 5.74) is 5.06. The first-order valence-electron chi connectivity index (χ1n) is 9.00.